The van der Waals surface area contributed by atoms with Gasteiger partial charge in [0.15, 0.2) is 0 Å². The third kappa shape index (κ3) is 63.1. The fraction of sp³-hybridized carbons (Fsp3) is 1.00. The van der Waals surface area contributed by atoms with E-state index in [0.29, 0.717) is 271 Å². The van der Waals surface area contributed by atoms with Crippen molar-refractivity contribution < 1.29 is 105 Å². The van der Waals surface area contributed by atoms with Crippen LogP contribution in [-0.2, 0) is 99.5 Å². The molecule has 0 amide bonds. The normalized spacial score (nSPS) is 11.7. The molecule has 0 fully saturated rings. The van der Waals surface area contributed by atoms with Crippen LogP contribution in [0.3, 0.4) is 0 Å². The maximum atomic E-state index is 8.60. The molecule has 0 rings (SSSR count). The highest BCUT2D eigenvalue weighted by Crippen LogP contribution is 1.90. The van der Waals surface area contributed by atoms with Crippen LogP contribution in [-0.4, -0.2) is 290 Å². The summed E-state index contributed by atoms with van der Waals surface area (Å²) in [6.45, 7) is 20.5. The van der Waals surface area contributed by atoms with E-state index in [2.05, 4.69) is 0 Å². The fourth-order valence-electron chi connectivity index (χ4n) is 4.49. The van der Waals surface area contributed by atoms with Crippen LogP contribution in [0.15, 0.2) is 0 Å². The predicted octanol–water partition coefficient (Wildman–Crippen LogP) is -0.0429. The lowest BCUT2D eigenvalue weighted by molar-refractivity contribution is -0.0315. The van der Waals surface area contributed by atoms with Gasteiger partial charge >= 0.3 is 0 Å². The van der Waals surface area contributed by atoms with Gasteiger partial charge in [0.05, 0.1) is 277 Å². The van der Waals surface area contributed by atoms with E-state index in [4.69, 9.17) is 105 Å². The van der Waals surface area contributed by atoms with Gasteiger partial charge in [-0.25, -0.2) is 0 Å². The van der Waals surface area contributed by atoms with Crippen molar-refractivity contribution in [3.63, 3.8) is 0 Å². The molecule has 0 heterocycles. The molecule has 0 atom stereocenters. The van der Waals surface area contributed by atoms with Gasteiger partial charge in [-0.15, -0.1) is 0 Å². The molecular formula is C43H88O22. The van der Waals surface area contributed by atoms with Crippen LogP contribution in [0.4, 0.5) is 0 Å². The second-order valence-electron chi connectivity index (χ2n) is 13.0. The summed E-state index contributed by atoms with van der Waals surface area (Å²) in [7, 11) is 1.64. The molecule has 22 nitrogen and oxygen atoms in total. The summed E-state index contributed by atoms with van der Waals surface area (Å²) in [5.41, 5.74) is 0. The minimum atomic E-state index is 0.0197. The molecule has 0 aromatic carbocycles. The number of rotatable bonds is 62. The largest absolute Gasteiger partial charge is 0.394 e. The van der Waals surface area contributed by atoms with Gasteiger partial charge in [-0.3, -0.25) is 0 Å². The molecule has 1 N–H and O–H groups in total. The Balaban J connectivity index is 3.06. The molecule has 0 aliphatic heterocycles. The fourth-order valence-corrected chi connectivity index (χ4v) is 4.49. The highest BCUT2D eigenvalue weighted by Gasteiger charge is 1.99. The van der Waals surface area contributed by atoms with Crippen LogP contribution in [0.2, 0.25) is 0 Å². The molecular weight excluding hydrogens is 868 g/mol. The summed E-state index contributed by atoms with van der Waals surface area (Å²) in [6.07, 6.45) is 0. The summed E-state index contributed by atoms with van der Waals surface area (Å²) >= 11 is 0. The molecule has 0 bridgehead atoms. The molecule has 0 aromatic heterocycles. The van der Waals surface area contributed by atoms with Gasteiger partial charge < -0.3 is 105 Å². The SMILES string of the molecule is COCCOCCOCCOCCOCCOCCOCCOCCOCCOCCOCCOCCOCCOCCOCCOCCOCCOCCOCCOCCOCCO. The molecule has 0 radical (unpaired) electrons. The first kappa shape index (κ1) is 64.1. The van der Waals surface area contributed by atoms with E-state index in [-0.39, 0.29) is 6.61 Å². The van der Waals surface area contributed by atoms with Crippen molar-refractivity contribution >= 4 is 0 Å². The highest BCUT2D eigenvalue weighted by molar-refractivity contribution is 4.42. The summed E-state index contributed by atoms with van der Waals surface area (Å²) in [6, 6.07) is 0. The highest BCUT2D eigenvalue weighted by atomic mass is 16.6. The molecule has 65 heavy (non-hydrogen) atoms. The monoisotopic (exact) mass is 957 g/mol. The molecule has 392 valence electrons. The van der Waals surface area contributed by atoms with Crippen LogP contribution in [0.5, 0.6) is 0 Å². The van der Waals surface area contributed by atoms with Crippen LogP contribution >= 0.6 is 0 Å². The van der Waals surface area contributed by atoms with Crippen molar-refractivity contribution in [1.82, 2.24) is 0 Å². The zero-order valence-corrected chi connectivity index (χ0v) is 39.7. The lowest BCUT2D eigenvalue weighted by Crippen LogP contribution is -2.16. The van der Waals surface area contributed by atoms with Crippen molar-refractivity contribution in [3.05, 3.63) is 0 Å². The Labute approximate surface area is 388 Å². The van der Waals surface area contributed by atoms with Gasteiger partial charge in [0, 0.05) is 7.11 Å². The minimum absolute atomic E-state index is 0.0197. The zero-order chi connectivity index (χ0) is 46.5. The predicted molar refractivity (Wildman–Crippen MR) is 235 cm³/mol. The Morgan fingerprint density at radius 2 is 0.246 bits per heavy atom. The van der Waals surface area contributed by atoms with Crippen LogP contribution < -0.4 is 0 Å². The summed E-state index contributed by atoms with van der Waals surface area (Å²) in [5, 5.41) is 8.60. The third-order valence-corrected chi connectivity index (χ3v) is 7.74. The summed E-state index contributed by atoms with van der Waals surface area (Å²) < 4.78 is 114. The van der Waals surface area contributed by atoms with Gasteiger partial charge in [0.2, 0.25) is 0 Å². The topological polar surface area (TPSA) is 214 Å². The maximum Gasteiger partial charge on any atom is 0.0701 e. The van der Waals surface area contributed by atoms with E-state index in [1.165, 1.54) is 0 Å². The number of hydrogen-bond donors (Lipinski definition) is 1. The average Bonchev–Trinajstić information content (AvgIpc) is 3.32. The summed E-state index contributed by atoms with van der Waals surface area (Å²) in [5.74, 6) is 0. The molecule has 0 aliphatic rings. The van der Waals surface area contributed by atoms with E-state index < -0.39 is 0 Å². The van der Waals surface area contributed by atoms with Gasteiger partial charge in [0.25, 0.3) is 0 Å². The lowest BCUT2D eigenvalue weighted by atomic mass is 10.6. The van der Waals surface area contributed by atoms with E-state index in [0.717, 1.165) is 0 Å². The lowest BCUT2D eigenvalue weighted by Gasteiger charge is -2.09. The molecule has 0 aromatic rings. The van der Waals surface area contributed by atoms with E-state index >= 15 is 0 Å². The van der Waals surface area contributed by atoms with Crippen molar-refractivity contribution in [2.75, 3.05) is 285 Å². The first-order valence-electron chi connectivity index (χ1n) is 23.1. The van der Waals surface area contributed by atoms with Crippen LogP contribution in [0, 0.1) is 0 Å². The number of aliphatic hydroxyl groups excluding tert-OH is 1. The number of methoxy groups -OCH3 is 1. The Kier molecular flexibility index (Phi) is 62.3. The second kappa shape index (κ2) is 63.1. The molecule has 0 saturated carbocycles. The van der Waals surface area contributed by atoms with Crippen LogP contribution in [0.1, 0.15) is 0 Å². The van der Waals surface area contributed by atoms with E-state index in [9.17, 15) is 0 Å². The van der Waals surface area contributed by atoms with Crippen molar-refractivity contribution in [2.24, 2.45) is 0 Å². The molecule has 0 saturated heterocycles. The van der Waals surface area contributed by atoms with Gasteiger partial charge in [-0.2, -0.15) is 0 Å². The van der Waals surface area contributed by atoms with E-state index in [1.807, 2.05) is 0 Å². The Morgan fingerprint density at radius 3 is 0.338 bits per heavy atom. The first-order valence-corrected chi connectivity index (χ1v) is 23.1. The minimum Gasteiger partial charge on any atom is -0.394 e. The van der Waals surface area contributed by atoms with Gasteiger partial charge in [-0.1, -0.05) is 0 Å². The zero-order valence-electron chi connectivity index (χ0n) is 39.7. The molecule has 22 heteroatoms. The third-order valence-electron chi connectivity index (χ3n) is 7.74. The van der Waals surface area contributed by atoms with Crippen molar-refractivity contribution in [1.29, 1.82) is 0 Å². The quantitative estimate of drug-likeness (QED) is 0.0792. The average molecular weight is 957 g/mol. The van der Waals surface area contributed by atoms with Crippen molar-refractivity contribution in [3.8, 4) is 0 Å². The number of aliphatic hydroxyl groups is 1. The molecule has 0 unspecified atom stereocenters. The Hall–Kier alpha value is -0.880. The smallest absolute Gasteiger partial charge is 0.0701 e. The van der Waals surface area contributed by atoms with Gasteiger partial charge in [0.1, 0.15) is 0 Å². The maximum absolute atomic E-state index is 8.60. The van der Waals surface area contributed by atoms with Crippen LogP contribution in [0.25, 0.3) is 0 Å². The Morgan fingerprint density at radius 1 is 0.154 bits per heavy atom. The first-order chi connectivity index (χ1) is 32.4. The number of hydrogen-bond acceptors (Lipinski definition) is 22. The second-order valence-corrected chi connectivity index (χ2v) is 13.0. The Bertz CT molecular complexity index is 751. The standard InChI is InChI=1S/C43H88O22/c1-45-4-5-47-8-9-49-12-13-51-16-17-53-20-21-55-24-25-57-28-29-59-32-33-61-36-37-63-40-41-65-43-42-64-39-38-62-35-34-60-31-30-58-27-26-56-23-22-54-19-18-52-15-14-50-11-10-48-7-6-46-3-2-44/h44H,2-43H2,1H3. The molecule has 0 aliphatic carbocycles. The van der Waals surface area contributed by atoms with Crippen molar-refractivity contribution in [2.45, 2.75) is 0 Å². The number of ether oxygens (including phenoxy) is 21. The molecule has 0 spiro atoms. The van der Waals surface area contributed by atoms with E-state index in [1.54, 1.807) is 7.11 Å². The van der Waals surface area contributed by atoms with Gasteiger partial charge in [-0.05, 0) is 0 Å². The summed E-state index contributed by atoms with van der Waals surface area (Å²) in [4.78, 5) is 0.